The van der Waals surface area contributed by atoms with E-state index in [0.29, 0.717) is 12.1 Å². The Morgan fingerprint density at radius 1 is 1.23 bits per heavy atom. The van der Waals surface area contributed by atoms with Crippen LogP contribution in [0, 0.1) is 0 Å². The molecule has 116 valence electrons. The van der Waals surface area contributed by atoms with E-state index in [0.717, 1.165) is 41.6 Å². The highest BCUT2D eigenvalue weighted by atomic mass is 79.9. The number of carbonyl (C=O) groups is 1. The largest absolute Gasteiger partial charge is 0.423 e. The van der Waals surface area contributed by atoms with Gasteiger partial charge >= 0.3 is 5.63 Å². The van der Waals surface area contributed by atoms with E-state index in [4.69, 9.17) is 4.42 Å². The minimum Gasteiger partial charge on any atom is -0.423 e. The first-order valence-electron chi connectivity index (χ1n) is 7.23. The zero-order chi connectivity index (χ0) is 15.7. The second kappa shape index (κ2) is 6.22. The number of rotatable bonds is 2. The van der Waals surface area contributed by atoms with Crippen molar-refractivity contribution in [3.05, 3.63) is 44.7 Å². The first-order chi connectivity index (χ1) is 10.5. The molecule has 0 unspecified atom stereocenters. The molecule has 0 atom stereocenters. The van der Waals surface area contributed by atoms with Crippen molar-refractivity contribution in [3.63, 3.8) is 0 Å². The second-order valence-corrected chi connectivity index (χ2v) is 6.43. The number of nitrogens with zero attached hydrogens (tertiary/aromatic N) is 2. The average Bonchev–Trinajstić information content (AvgIpc) is 2.47. The number of halogens is 1. The van der Waals surface area contributed by atoms with E-state index in [1.165, 1.54) is 0 Å². The molecule has 1 saturated heterocycles. The van der Waals surface area contributed by atoms with Gasteiger partial charge in [0.25, 0.3) is 0 Å². The van der Waals surface area contributed by atoms with E-state index in [-0.39, 0.29) is 11.5 Å². The van der Waals surface area contributed by atoms with Crippen molar-refractivity contribution >= 4 is 32.8 Å². The van der Waals surface area contributed by atoms with Gasteiger partial charge in [-0.3, -0.25) is 9.69 Å². The van der Waals surface area contributed by atoms with Crippen molar-refractivity contribution in [2.45, 2.75) is 13.5 Å². The second-order valence-electron chi connectivity index (χ2n) is 5.51. The molecular weight excluding hydrogens is 348 g/mol. The van der Waals surface area contributed by atoms with Crippen LogP contribution < -0.4 is 5.63 Å². The Balaban J connectivity index is 1.82. The Labute approximate surface area is 136 Å². The maximum Gasteiger partial charge on any atom is 0.336 e. The molecule has 1 amide bonds. The molecule has 2 aromatic rings. The molecule has 0 spiro atoms. The number of fused-ring (bicyclic) bond motifs is 1. The van der Waals surface area contributed by atoms with Crippen molar-refractivity contribution < 1.29 is 9.21 Å². The fraction of sp³-hybridized carbons (Fsp3) is 0.375. The molecule has 0 N–H and O–H groups in total. The summed E-state index contributed by atoms with van der Waals surface area (Å²) in [4.78, 5) is 27.2. The molecule has 6 heteroatoms. The van der Waals surface area contributed by atoms with Crippen LogP contribution in [0.5, 0.6) is 0 Å². The molecule has 0 saturated carbocycles. The molecule has 0 bridgehead atoms. The number of amides is 1. The van der Waals surface area contributed by atoms with Crippen LogP contribution >= 0.6 is 15.9 Å². The summed E-state index contributed by atoms with van der Waals surface area (Å²) >= 11 is 3.39. The summed E-state index contributed by atoms with van der Waals surface area (Å²) in [6.07, 6.45) is 0. The summed E-state index contributed by atoms with van der Waals surface area (Å²) in [5.74, 6) is 0.121. The van der Waals surface area contributed by atoms with Gasteiger partial charge in [0.2, 0.25) is 5.91 Å². The number of hydrogen-bond acceptors (Lipinski definition) is 4. The third-order valence-electron chi connectivity index (χ3n) is 4.00. The van der Waals surface area contributed by atoms with Crippen molar-refractivity contribution in [3.8, 4) is 0 Å². The summed E-state index contributed by atoms with van der Waals surface area (Å²) < 4.78 is 6.15. The smallest absolute Gasteiger partial charge is 0.336 e. The van der Waals surface area contributed by atoms with E-state index in [1.54, 1.807) is 13.0 Å². The molecule has 3 rings (SSSR count). The van der Waals surface area contributed by atoms with Gasteiger partial charge in [0, 0.05) is 55.6 Å². The Morgan fingerprint density at radius 2 is 1.95 bits per heavy atom. The first kappa shape index (κ1) is 15.2. The van der Waals surface area contributed by atoms with Crippen LogP contribution in [0.4, 0.5) is 0 Å². The molecule has 1 fully saturated rings. The fourth-order valence-electron chi connectivity index (χ4n) is 2.80. The molecular formula is C16H17BrN2O3. The van der Waals surface area contributed by atoms with Crippen LogP contribution in [-0.4, -0.2) is 41.9 Å². The summed E-state index contributed by atoms with van der Waals surface area (Å²) in [6, 6.07) is 7.28. The molecule has 5 nitrogen and oxygen atoms in total. The molecule has 22 heavy (non-hydrogen) atoms. The van der Waals surface area contributed by atoms with Gasteiger partial charge in [0.15, 0.2) is 0 Å². The van der Waals surface area contributed by atoms with E-state index in [1.807, 2.05) is 23.1 Å². The maximum atomic E-state index is 11.7. The van der Waals surface area contributed by atoms with Gasteiger partial charge in [-0.05, 0) is 23.8 Å². The van der Waals surface area contributed by atoms with E-state index >= 15 is 0 Å². The topological polar surface area (TPSA) is 53.8 Å². The average molecular weight is 365 g/mol. The Bertz CT molecular complexity index is 764. The van der Waals surface area contributed by atoms with Gasteiger partial charge in [0.05, 0.1) is 0 Å². The van der Waals surface area contributed by atoms with Crippen molar-refractivity contribution in [1.82, 2.24) is 9.80 Å². The van der Waals surface area contributed by atoms with Crippen LogP contribution in [0.3, 0.4) is 0 Å². The number of benzene rings is 1. The summed E-state index contributed by atoms with van der Waals surface area (Å²) in [5, 5.41) is 0.955. The highest BCUT2D eigenvalue weighted by molar-refractivity contribution is 9.10. The fourth-order valence-corrected chi connectivity index (χ4v) is 3.14. The summed E-state index contributed by atoms with van der Waals surface area (Å²) in [7, 11) is 0. The lowest BCUT2D eigenvalue weighted by Crippen LogP contribution is -2.47. The molecule has 0 aliphatic carbocycles. The van der Waals surface area contributed by atoms with Crippen LogP contribution in [0.25, 0.3) is 11.0 Å². The van der Waals surface area contributed by atoms with Gasteiger partial charge < -0.3 is 9.32 Å². The predicted octanol–water partition coefficient (Wildman–Crippen LogP) is 2.22. The van der Waals surface area contributed by atoms with Crippen molar-refractivity contribution in [2.24, 2.45) is 0 Å². The van der Waals surface area contributed by atoms with E-state index in [9.17, 15) is 9.59 Å². The molecule has 2 heterocycles. The van der Waals surface area contributed by atoms with Gasteiger partial charge in [-0.1, -0.05) is 15.9 Å². The Hall–Kier alpha value is -1.66. The summed E-state index contributed by atoms with van der Waals surface area (Å²) in [6.45, 7) is 5.40. The third-order valence-corrected chi connectivity index (χ3v) is 4.50. The normalized spacial score (nSPS) is 16.2. The van der Waals surface area contributed by atoms with E-state index in [2.05, 4.69) is 20.8 Å². The highest BCUT2D eigenvalue weighted by Gasteiger charge is 2.19. The van der Waals surface area contributed by atoms with Crippen LogP contribution in [0.15, 0.2) is 37.9 Å². The zero-order valence-corrected chi connectivity index (χ0v) is 13.9. The van der Waals surface area contributed by atoms with Crippen LogP contribution in [-0.2, 0) is 11.3 Å². The lowest BCUT2D eigenvalue weighted by atomic mass is 10.1. The molecule has 1 aliphatic rings. The number of carbonyl (C=O) groups excluding carboxylic acids is 1. The zero-order valence-electron chi connectivity index (χ0n) is 12.3. The van der Waals surface area contributed by atoms with Gasteiger partial charge in [-0.15, -0.1) is 0 Å². The first-order valence-corrected chi connectivity index (χ1v) is 8.02. The highest BCUT2D eigenvalue weighted by Crippen LogP contribution is 2.22. The minimum atomic E-state index is -0.331. The van der Waals surface area contributed by atoms with Gasteiger partial charge in [-0.25, -0.2) is 4.79 Å². The lowest BCUT2D eigenvalue weighted by molar-refractivity contribution is -0.130. The van der Waals surface area contributed by atoms with E-state index < -0.39 is 0 Å². The van der Waals surface area contributed by atoms with Crippen molar-refractivity contribution in [1.29, 1.82) is 0 Å². The van der Waals surface area contributed by atoms with Gasteiger partial charge in [-0.2, -0.15) is 0 Å². The van der Waals surface area contributed by atoms with Crippen molar-refractivity contribution in [2.75, 3.05) is 26.2 Å². The molecule has 1 aliphatic heterocycles. The van der Waals surface area contributed by atoms with Crippen LogP contribution in [0.1, 0.15) is 12.5 Å². The van der Waals surface area contributed by atoms with Gasteiger partial charge in [0.1, 0.15) is 5.58 Å². The molecule has 0 radical (unpaired) electrons. The minimum absolute atomic E-state index is 0.121. The number of hydrogen-bond donors (Lipinski definition) is 0. The Kier molecular flexibility index (Phi) is 4.31. The molecule has 1 aromatic heterocycles. The molecule has 1 aromatic carbocycles. The maximum absolute atomic E-state index is 11.7. The number of piperazine rings is 1. The lowest BCUT2D eigenvalue weighted by Gasteiger charge is -2.34. The third kappa shape index (κ3) is 3.23. The summed E-state index contributed by atoms with van der Waals surface area (Å²) in [5.41, 5.74) is 1.23. The monoisotopic (exact) mass is 364 g/mol. The predicted molar refractivity (Wildman–Crippen MR) is 87.7 cm³/mol. The SMILES string of the molecule is CC(=O)N1CCN(Cc2cc(=O)oc3cc(Br)ccc23)CC1. The standard InChI is InChI=1S/C16H17BrN2O3/c1-11(20)19-6-4-18(5-7-19)10-12-8-16(21)22-15-9-13(17)2-3-14(12)15/h2-3,8-9H,4-7,10H2,1H3. The Morgan fingerprint density at radius 3 is 2.64 bits per heavy atom. The quantitative estimate of drug-likeness (QED) is 0.766. The van der Waals surface area contributed by atoms with Crippen LogP contribution in [0.2, 0.25) is 0 Å².